The number of pyridine rings is 1. The Morgan fingerprint density at radius 3 is 2.77 bits per heavy atom. The van der Waals surface area contributed by atoms with Crippen molar-refractivity contribution in [2.75, 3.05) is 10.6 Å². The molecule has 0 radical (unpaired) electrons. The van der Waals surface area contributed by atoms with E-state index in [1.165, 1.54) is 18.3 Å². The third kappa shape index (κ3) is 4.38. The molecule has 0 spiro atoms. The van der Waals surface area contributed by atoms with E-state index in [9.17, 15) is 18.0 Å². The maximum Gasteiger partial charge on any atom is 0.416 e. The highest BCUT2D eigenvalue weighted by Gasteiger charge is 2.30. The average Bonchev–Trinajstić information content (AvgIpc) is 2.67. The normalized spacial score (nSPS) is 19.6. The topological polar surface area (TPSA) is 109 Å². The number of alkyl halides is 3. The van der Waals surface area contributed by atoms with Crippen molar-refractivity contribution in [3.63, 3.8) is 0 Å². The molecule has 0 amide bonds. The van der Waals surface area contributed by atoms with Crippen molar-refractivity contribution >= 4 is 28.4 Å². The third-order valence-corrected chi connectivity index (χ3v) is 5.12. The van der Waals surface area contributed by atoms with Crippen LogP contribution in [-0.4, -0.2) is 27.0 Å². The highest BCUT2D eigenvalue weighted by molar-refractivity contribution is 5.90. The Kier molecular flexibility index (Phi) is 5.33. The summed E-state index contributed by atoms with van der Waals surface area (Å²) in [4.78, 5) is 23.7. The number of H-pyrrole nitrogens is 1. The summed E-state index contributed by atoms with van der Waals surface area (Å²) in [5.74, 6) is 0.422. The van der Waals surface area contributed by atoms with E-state index in [-0.39, 0.29) is 29.0 Å². The molecule has 4 rings (SSSR count). The van der Waals surface area contributed by atoms with Crippen LogP contribution in [0.2, 0.25) is 0 Å². The Hall–Kier alpha value is -3.14. The minimum Gasteiger partial charge on any atom is -0.351 e. The van der Waals surface area contributed by atoms with Gasteiger partial charge in [0.25, 0.3) is 5.56 Å². The number of aromatic nitrogens is 3. The van der Waals surface area contributed by atoms with Crippen LogP contribution in [0.1, 0.15) is 31.2 Å². The van der Waals surface area contributed by atoms with Gasteiger partial charge in [-0.05, 0) is 49.9 Å². The zero-order valence-electron chi connectivity index (χ0n) is 16.0. The molecule has 1 saturated carbocycles. The molecule has 1 fully saturated rings. The SMILES string of the molecule is NC1CCCC(Nc2nc(Nc3cccc(C(F)(F)F)c3)c3c(=O)[nH]ccc3n2)C1. The fourth-order valence-electron chi connectivity index (χ4n) is 3.70. The van der Waals surface area contributed by atoms with Crippen LogP contribution in [0.15, 0.2) is 41.3 Å². The monoisotopic (exact) mass is 418 g/mol. The number of benzene rings is 1. The molecule has 1 aliphatic rings. The predicted molar refractivity (Wildman–Crippen MR) is 109 cm³/mol. The van der Waals surface area contributed by atoms with Crippen molar-refractivity contribution in [3.05, 3.63) is 52.4 Å². The van der Waals surface area contributed by atoms with Gasteiger partial charge in [0.15, 0.2) is 0 Å². The minimum atomic E-state index is -4.48. The summed E-state index contributed by atoms with van der Waals surface area (Å²) >= 11 is 0. The Morgan fingerprint density at radius 2 is 2.00 bits per heavy atom. The number of rotatable bonds is 4. The standard InChI is InChI=1S/C20H21F3N6O/c21-20(22,23)11-3-1-5-13(9-11)26-17-16-15(7-8-25-18(16)30)28-19(29-17)27-14-6-2-4-12(24)10-14/h1,3,5,7-9,12,14H,2,4,6,10,24H2,(H,25,30)(H2,26,27,28,29). The number of fused-ring (bicyclic) bond motifs is 1. The van der Waals surface area contributed by atoms with Gasteiger partial charge in [-0.1, -0.05) is 6.07 Å². The van der Waals surface area contributed by atoms with Gasteiger partial charge in [-0.25, -0.2) is 4.98 Å². The van der Waals surface area contributed by atoms with E-state index < -0.39 is 17.3 Å². The molecule has 0 bridgehead atoms. The number of nitrogens with two attached hydrogens (primary N) is 1. The van der Waals surface area contributed by atoms with E-state index >= 15 is 0 Å². The fourth-order valence-corrected chi connectivity index (χ4v) is 3.70. The van der Waals surface area contributed by atoms with Gasteiger partial charge in [0, 0.05) is 24.0 Å². The van der Waals surface area contributed by atoms with Gasteiger partial charge in [0.2, 0.25) is 5.95 Å². The van der Waals surface area contributed by atoms with Gasteiger partial charge in [0.05, 0.1) is 11.1 Å². The second-order valence-electron chi connectivity index (χ2n) is 7.43. The van der Waals surface area contributed by atoms with E-state index in [0.717, 1.165) is 37.8 Å². The molecule has 2 atom stereocenters. The van der Waals surface area contributed by atoms with Gasteiger partial charge in [-0.2, -0.15) is 18.2 Å². The molecule has 30 heavy (non-hydrogen) atoms. The summed E-state index contributed by atoms with van der Waals surface area (Å²) in [6, 6.07) is 6.53. The largest absolute Gasteiger partial charge is 0.416 e. The summed E-state index contributed by atoms with van der Waals surface area (Å²) < 4.78 is 39.2. The quantitative estimate of drug-likeness (QED) is 0.514. The number of anilines is 3. The molecule has 2 aromatic heterocycles. The number of aromatic amines is 1. The van der Waals surface area contributed by atoms with E-state index in [1.807, 2.05) is 0 Å². The Morgan fingerprint density at radius 1 is 1.17 bits per heavy atom. The van der Waals surface area contributed by atoms with Crippen LogP contribution in [0.25, 0.3) is 10.9 Å². The minimum absolute atomic E-state index is 0.0922. The van der Waals surface area contributed by atoms with Crippen LogP contribution in [0.5, 0.6) is 0 Å². The zero-order chi connectivity index (χ0) is 21.3. The summed E-state index contributed by atoms with van der Waals surface area (Å²) in [7, 11) is 0. The second-order valence-corrected chi connectivity index (χ2v) is 7.43. The number of hydrogen-bond donors (Lipinski definition) is 4. The van der Waals surface area contributed by atoms with Gasteiger partial charge in [0.1, 0.15) is 11.2 Å². The summed E-state index contributed by atoms with van der Waals surface area (Å²) in [5, 5.41) is 6.27. The lowest BCUT2D eigenvalue weighted by Crippen LogP contribution is -2.35. The molecule has 3 aromatic rings. The Labute approximate surface area is 169 Å². The van der Waals surface area contributed by atoms with E-state index in [2.05, 4.69) is 25.6 Å². The van der Waals surface area contributed by atoms with Crippen LogP contribution < -0.4 is 21.9 Å². The van der Waals surface area contributed by atoms with Crippen LogP contribution in [0.3, 0.4) is 0 Å². The molecule has 5 N–H and O–H groups in total. The van der Waals surface area contributed by atoms with Crippen molar-refractivity contribution in [3.8, 4) is 0 Å². The van der Waals surface area contributed by atoms with Crippen molar-refractivity contribution in [2.24, 2.45) is 5.73 Å². The average molecular weight is 418 g/mol. The molecule has 1 aromatic carbocycles. The smallest absolute Gasteiger partial charge is 0.351 e. The van der Waals surface area contributed by atoms with Gasteiger partial charge in [-0.3, -0.25) is 4.79 Å². The van der Waals surface area contributed by atoms with Crippen molar-refractivity contribution in [1.29, 1.82) is 0 Å². The lowest BCUT2D eigenvalue weighted by molar-refractivity contribution is -0.137. The molecular weight excluding hydrogens is 397 g/mol. The molecule has 1 aliphatic carbocycles. The molecule has 158 valence electrons. The Bertz CT molecular complexity index is 1110. The lowest BCUT2D eigenvalue weighted by Gasteiger charge is -2.27. The van der Waals surface area contributed by atoms with Gasteiger partial charge >= 0.3 is 6.18 Å². The number of hydrogen-bond acceptors (Lipinski definition) is 6. The number of nitrogens with zero attached hydrogens (tertiary/aromatic N) is 2. The maximum absolute atomic E-state index is 13.1. The first-order chi connectivity index (χ1) is 14.3. The predicted octanol–water partition coefficient (Wildman–Crippen LogP) is 3.76. The van der Waals surface area contributed by atoms with Gasteiger partial charge in [-0.15, -0.1) is 0 Å². The number of halogens is 3. The lowest BCUT2D eigenvalue weighted by atomic mass is 9.92. The molecular formula is C20H21F3N6O. The third-order valence-electron chi connectivity index (χ3n) is 5.12. The highest BCUT2D eigenvalue weighted by atomic mass is 19.4. The molecule has 10 heteroatoms. The molecule has 2 heterocycles. The first-order valence-corrected chi connectivity index (χ1v) is 9.65. The van der Waals surface area contributed by atoms with E-state index in [1.54, 1.807) is 6.07 Å². The maximum atomic E-state index is 13.1. The molecule has 2 unspecified atom stereocenters. The highest BCUT2D eigenvalue weighted by Crippen LogP contribution is 2.32. The first-order valence-electron chi connectivity index (χ1n) is 9.65. The van der Waals surface area contributed by atoms with Crippen LogP contribution >= 0.6 is 0 Å². The summed E-state index contributed by atoms with van der Waals surface area (Å²) in [5.41, 5.74) is 5.35. The van der Waals surface area contributed by atoms with Crippen LogP contribution in [0, 0.1) is 0 Å². The van der Waals surface area contributed by atoms with Crippen molar-refractivity contribution in [2.45, 2.75) is 43.9 Å². The Balaban J connectivity index is 1.71. The van der Waals surface area contributed by atoms with E-state index in [0.29, 0.717) is 11.5 Å². The molecule has 0 saturated heterocycles. The molecule has 0 aliphatic heterocycles. The number of nitrogens with one attached hydrogen (secondary N) is 3. The zero-order valence-corrected chi connectivity index (χ0v) is 16.0. The second kappa shape index (κ2) is 7.94. The van der Waals surface area contributed by atoms with Crippen molar-refractivity contribution < 1.29 is 13.2 Å². The van der Waals surface area contributed by atoms with Crippen LogP contribution in [-0.2, 0) is 6.18 Å². The van der Waals surface area contributed by atoms with Gasteiger partial charge < -0.3 is 21.4 Å². The fraction of sp³-hybridized carbons (Fsp3) is 0.350. The van der Waals surface area contributed by atoms with Crippen molar-refractivity contribution in [1.82, 2.24) is 15.0 Å². The summed E-state index contributed by atoms with van der Waals surface area (Å²) in [6.07, 6.45) is 0.630. The molecule has 7 nitrogen and oxygen atoms in total. The first kappa shape index (κ1) is 20.1. The summed E-state index contributed by atoms with van der Waals surface area (Å²) in [6.45, 7) is 0. The van der Waals surface area contributed by atoms with Crippen LogP contribution in [0.4, 0.5) is 30.6 Å². The van der Waals surface area contributed by atoms with E-state index in [4.69, 9.17) is 5.73 Å².